The summed E-state index contributed by atoms with van der Waals surface area (Å²) >= 11 is 0. The van der Waals surface area contributed by atoms with Gasteiger partial charge < -0.3 is 9.30 Å². The zero-order valence-corrected chi connectivity index (χ0v) is 29.5. The molecule has 2 aliphatic carbocycles. The number of allylic oxidation sites excluding steroid dienone is 2. The van der Waals surface area contributed by atoms with Crippen molar-refractivity contribution in [3.63, 3.8) is 0 Å². The van der Waals surface area contributed by atoms with E-state index in [1.54, 1.807) is 0 Å². The first kappa shape index (κ1) is 30.1. The summed E-state index contributed by atoms with van der Waals surface area (Å²) in [7, 11) is 0. The summed E-state index contributed by atoms with van der Waals surface area (Å²) in [6.07, 6.45) is 6.61. The smallest absolute Gasteiger partial charge is 0.160 e. The van der Waals surface area contributed by atoms with Gasteiger partial charge in [-0.25, -0.2) is 9.97 Å². The summed E-state index contributed by atoms with van der Waals surface area (Å²) in [5.74, 6) is 1.85. The molecule has 252 valence electrons. The number of aromatic nitrogens is 3. The van der Waals surface area contributed by atoms with Crippen molar-refractivity contribution in [2.24, 2.45) is 0 Å². The van der Waals surface area contributed by atoms with E-state index in [2.05, 4.69) is 170 Å². The second-order valence-electron chi connectivity index (χ2n) is 14.9. The molecule has 0 saturated heterocycles. The van der Waals surface area contributed by atoms with Gasteiger partial charge in [0.2, 0.25) is 0 Å². The van der Waals surface area contributed by atoms with Crippen LogP contribution in [0.2, 0.25) is 0 Å². The molecule has 0 bridgehead atoms. The van der Waals surface area contributed by atoms with E-state index in [9.17, 15) is 0 Å². The van der Waals surface area contributed by atoms with E-state index >= 15 is 0 Å². The number of fused-ring (bicyclic) bond motifs is 9. The summed E-state index contributed by atoms with van der Waals surface area (Å²) < 4.78 is 8.82. The van der Waals surface area contributed by atoms with Crippen molar-refractivity contribution >= 4 is 27.4 Å². The van der Waals surface area contributed by atoms with Gasteiger partial charge in [0.15, 0.2) is 5.82 Å². The van der Waals surface area contributed by atoms with E-state index in [1.807, 2.05) is 12.1 Å². The predicted octanol–water partition coefficient (Wildman–Crippen LogP) is 11.7. The zero-order chi connectivity index (χ0) is 35.3. The molecule has 4 nitrogen and oxygen atoms in total. The molecule has 0 saturated carbocycles. The van der Waals surface area contributed by atoms with Crippen LogP contribution in [-0.2, 0) is 5.41 Å². The van der Waals surface area contributed by atoms with Crippen LogP contribution in [0.3, 0.4) is 0 Å². The van der Waals surface area contributed by atoms with Gasteiger partial charge in [-0.15, -0.1) is 0 Å². The largest absolute Gasteiger partial charge is 0.485 e. The Bertz CT molecular complexity index is 2860. The third-order valence-corrected chi connectivity index (χ3v) is 11.6. The Balaban J connectivity index is 1.07. The molecule has 11 rings (SSSR count). The number of hydrogen-bond donors (Lipinski definition) is 0. The average molecular weight is 682 g/mol. The molecule has 0 radical (unpaired) electrons. The molecule has 53 heavy (non-hydrogen) atoms. The van der Waals surface area contributed by atoms with E-state index in [4.69, 9.17) is 14.7 Å². The maximum atomic E-state index is 6.40. The van der Waals surface area contributed by atoms with Gasteiger partial charge in [-0.1, -0.05) is 129 Å². The standard InChI is InChI=1S/C49H35N3O/c1-49(2)40-20-9-6-17-34(40)38-27-39-35-18-7-10-21-44(35)52(45(39)28-41(38)49)33-16-12-15-32(25-33)48-50-42(30-13-4-3-5-14-30)29-43(51-48)31-23-24-37-36-19-8-11-22-46(36)53-47(37)26-31/h3-29,37,47H,1-2H3. The van der Waals surface area contributed by atoms with Gasteiger partial charge >= 0.3 is 0 Å². The second kappa shape index (κ2) is 11.2. The van der Waals surface area contributed by atoms with Crippen molar-refractivity contribution in [2.75, 3.05) is 0 Å². The molecule has 2 unspecified atom stereocenters. The Morgan fingerprint density at radius 1 is 0.604 bits per heavy atom. The van der Waals surface area contributed by atoms with Crippen molar-refractivity contribution in [1.82, 2.24) is 14.5 Å². The molecule has 1 aliphatic heterocycles. The highest BCUT2D eigenvalue weighted by Crippen LogP contribution is 2.51. The van der Waals surface area contributed by atoms with Gasteiger partial charge in [-0.05, 0) is 76.4 Å². The van der Waals surface area contributed by atoms with Crippen molar-refractivity contribution < 1.29 is 4.74 Å². The van der Waals surface area contributed by atoms with Crippen LogP contribution in [-0.4, -0.2) is 20.6 Å². The maximum absolute atomic E-state index is 6.40. The Labute approximate surface area is 308 Å². The quantitative estimate of drug-likeness (QED) is 0.186. The van der Waals surface area contributed by atoms with E-state index < -0.39 is 0 Å². The number of nitrogens with zero attached hydrogens (tertiary/aromatic N) is 3. The number of para-hydroxylation sites is 2. The number of rotatable bonds is 4. The van der Waals surface area contributed by atoms with Crippen LogP contribution in [0, 0.1) is 0 Å². The fraction of sp³-hybridized carbons (Fsp3) is 0.102. The normalized spacial score (nSPS) is 17.6. The fourth-order valence-corrected chi connectivity index (χ4v) is 8.93. The predicted molar refractivity (Wildman–Crippen MR) is 216 cm³/mol. The van der Waals surface area contributed by atoms with E-state index in [0.717, 1.165) is 39.5 Å². The first-order valence-electron chi connectivity index (χ1n) is 18.4. The Kier molecular flexibility index (Phi) is 6.39. The molecule has 2 atom stereocenters. The van der Waals surface area contributed by atoms with E-state index in [-0.39, 0.29) is 17.4 Å². The lowest BCUT2D eigenvalue weighted by Gasteiger charge is -2.21. The molecule has 0 spiro atoms. The highest BCUT2D eigenvalue weighted by atomic mass is 16.5. The Morgan fingerprint density at radius 3 is 2.30 bits per heavy atom. The number of benzene rings is 6. The van der Waals surface area contributed by atoms with Crippen molar-refractivity contribution in [2.45, 2.75) is 31.3 Å². The van der Waals surface area contributed by atoms with Crippen LogP contribution >= 0.6 is 0 Å². The van der Waals surface area contributed by atoms with Crippen molar-refractivity contribution in [1.29, 1.82) is 0 Å². The molecule has 0 N–H and O–H groups in total. The zero-order valence-electron chi connectivity index (χ0n) is 29.5. The molecule has 8 aromatic rings. The second-order valence-corrected chi connectivity index (χ2v) is 14.9. The average Bonchev–Trinajstić information content (AvgIpc) is 3.82. The summed E-state index contributed by atoms with van der Waals surface area (Å²) in [4.78, 5) is 10.5. The third-order valence-electron chi connectivity index (χ3n) is 11.6. The van der Waals surface area contributed by atoms with Crippen LogP contribution in [0.1, 0.15) is 42.1 Å². The van der Waals surface area contributed by atoms with Crippen molar-refractivity contribution in [3.8, 4) is 45.2 Å². The maximum Gasteiger partial charge on any atom is 0.160 e. The van der Waals surface area contributed by atoms with E-state index in [0.29, 0.717) is 5.82 Å². The Hall–Kier alpha value is -6.52. The first-order valence-corrected chi connectivity index (χ1v) is 18.4. The molecular formula is C49H35N3O. The first-order chi connectivity index (χ1) is 26.0. The van der Waals surface area contributed by atoms with Gasteiger partial charge in [-0.2, -0.15) is 0 Å². The van der Waals surface area contributed by atoms with Crippen molar-refractivity contribution in [3.05, 3.63) is 186 Å². The summed E-state index contributed by atoms with van der Waals surface area (Å²) in [6, 6.07) is 52.0. The monoisotopic (exact) mass is 681 g/mol. The van der Waals surface area contributed by atoms with Crippen LogP contribution in [0.25, 0.3) is 66.8 Å². The fourth-order valence-electron chi connectivity index (χ4n) is 8.93. The van der Waals surface area contributed by atoms with Gasteiger partial charge in [0.1, 0.15) is 11.9 Å². The van der Waals surface area contributed by atoms with E-state index in [1.165, 1.54) is 49.6 Å². The van der Waals surface area contributed by atoms with Crippen LogP contribution in [0.5, 0.6) is 5.75 Å². The van der Waals surface area contributed by atoms with Gasteiger partial charge in [0, 0.05) is 44.5 Å². The number of ether oxygens (including phenoxy) is 1. The minimum absolute atomic E-state index is 0.0659. The third kappa shape index (κ3) is 4.55. The molecule has 3 aliphatic rings. The summed E-state index contributed by atoms with van der Waals surface area (Å²) in [6.45, 7) is 4.70. The highest BCUT2D eigenvalue weighted by molar-refractivity contribution is 6.11. The minimum atomic E-state index is -0.0973. The lowest BCUT2D eigenvalue weighted by atomic mass is 9.82. The van der Waals surface area contributed by atoms with Crippen LogP contribution < -0.4 is 4.74 Å². The molecule has 2 aromatic heterocycles. The SMILES string of the molecule is CC1(C)c2ccccc2-c2cc3c4ccccc4n(-c4cccc(-c5nc(C6=CC7Oc8ccccc8C7C=C6)cc(-c6ccccc6)n5)c4)c3cc21. The van der Waals surface area contributed by atoms with Gasteiger partial charge in [0.25, 0.3) is 0 Å². The number of hydrogen-bond acceptors (Lipinski definition) is 3. The highest BCUT2D eigenvalue weighted by Gasteiger charge is 2.36. The molecule has 6 aromatic carbocycles. The van der Waals surface area contributed by atoms with Gasteiger partial charge in [-0.3, -0.25) is 0 Å². The molecule has 0 amide bonds. The lowest BCUT2D eigenvalue weighted by molar-refractivity contribution is 0.269. The summed E-state index contributed by atoms with van der Waals surface area (Å²) in [5, 5.41) is 2.50. The molecule has 3 heterocycles. The molecule has 0 fully saturated rings. The summed E-state index contributed by atoms with van der Waals surface area (Å²) in [5.41, 5.74) is 14.8. The Morgan fingerprint density at radius 2 is 1.38 bits per heavy atom. The molecule has 4 heteroatoms. The molecular weight excluding hydrogens is 647 g/mol. The topological polar surface area (TPSA) is 39.9 Å². The van der Waals surface area contributed by atoms with Gasteiger partial charge in [0.05, 0.1) is 22.4 Å². The minimum Gasteiger partial charge on any atom is -0.485 e. The lowest BCUT2D eigenvalue weighted by Crippen LogP contribution is -2.17. The van der Waals surface area contributed by atoms with Crippen LogP contribution in [0.4, 0.5) is 0 Å². The van der Waals surface area contributed by atoms with Crippen LogP contribution in [0.15, 0.2) is 164 Å².